The van der Waals surface area contributed by atoms with Crippen LogP contribution >= 0.6 is 0 Å². The van der Waals surface area contributed by atoms with E-state index < -0.39 is 0 Å². The second kappa shape index (κ2) is 10.4. The highest BCUT2D eigenvalue weighted by Gasteiger charge is 2.24. The zero-order valence-electron chi connectivity index (χ0n) is 17.4. The molecule has 1 fully saturated rings. The molecule has 3 rings (SSSR count). The Hall–Kier alpha value is -2.40. The average molecular weight is 399 g/mol. The smallest absolute Gasteiger partial charge is 0.253 e. The van der Waals surface area contributed by atoms with Gasteiger partial charge in [0, 0.05) is 31.7 Å². The highest BCUT2D eigenvalue weighted by Crippen LogP contribution is 2.20. The Morgan fingerprint density at radius 3 is 2.72 bits per heavy atom. The van der Waals surface area contributed by atoms with Gasteiger partial charge in [-0.15, -0.1) is 0 Å². The maximum atomic E-state index is 13.4. The fraction of sp³-hybridized carbons (Fsp3) is 0.458. The molecule has 0 spiro atoms. The molecule has 0 aliphatic carbocycles. The summed E-state index contributed by atoms with van der Waals surface area (Å²) in [5.41, 5.74) is 1.74. The first kappa shape index (κ1) is 21.3. The molecule has 0 radical (unpaired) electrons. The molecule has 2 aromatic rings. The number of likely N-dealkylation sites (tertiary alicyclic amines) is 1. The second-order valence-corrected chi connectivity index (χ2v) is 7.76. The van der Waals surface area contributed by atoms with Gasteiger partial charge in [-0.25, -0.2) is 4.39 Å². The largest absolute Gasteiger partial charge is 0.497 e. The van der Waals surface area contributed by atoms with Crippen molar-refractivity contribution in [3.63, 3.8) is 0 Å². The van der Waals surface area contributed by atoms with Crippen molar-refractivity contribution in [3.05, 3.63) is 65.5 Å². The fourth-order valence-corrected chi connectivity index (χ4v) is 4.07. The third kappa shape index (κ3) is 6.04. The molecule has 1 atom stereocenters. The first-order valence-corrected chi connectivity index (χ1v) is 10.5. The maximum absolute atomic E-state index is 13.4. The molecular formula is C24H31FN2O2. The number of ether oxygens (including phenoxy) is 1. The summed E-state index contributed by atoms with van der Waals surface area (Å²) < 4.78 is 18.6. The van der Waals surface area contributed by atoms with Gasteiger partial charge < -0.3 is 14.5 Å². The van der Waals surface area contributed by atoms with Gasteiger partial charge in [0.2, 0.25) is 0 Å². The van der Waals surface area contributed by atoms with Crippen LogP contribution in [0.2, 0.25) is 0 Å². The van der Waals surface area contributed by atoms with Crippen molar-refractivity contribution < 1.29 is 13.9 Å². The van der Waals surface area contributed by atoms with Gasteiger partial charge in [0.1, 0.15) is 11.6 Å². The highest BCUT2D eigenvalue weighted by molar-refractivity contribution is 5.94. The third-order valence-corrected chi connectivity index (χ3v) is 5.69. The maximum Gasteiger partial charge on any atom is 0.253 e. The lowest BCUT2D eigenvalue weighted by Crippen LogP contribution is -2.43. The van der Waals surface area contributed by atoms with E-state index in [4.69, 9.17) is 4.74 Å². The van der Waals surface area contributed by atoms with Crippen LogP contribution in [0.15, 0.2) is 48.5 Å². The van der Waals surface area contributed by atoms with Gasteiger partial charge in [-0.1, -0.05) is 12.1 Å². The molecule has 0 N–H and O–H groups in total. The minimum Gasteiger partial charge on any atom is -0.497 e. The lowest BCUT2D eigenvalue weighted by Gasteiger charge is -2.35. The van der Waals surface area contributed by atoms with E-state index in [9.17, 15) is 9.18 Å². The van der Waals surface area contributed by atoms with Gasteiger partial charge in [0.25, 0.3) is 5.91 Å². The number of carbonyl (C=O) groups is 1. The molecular weight excluding hydrogens is 367 g/mol. The normalized spacial score (nSPS) is 17.1. The van der Waals surface area contributed by atoms with Gasteiger partial charge in [0.05, 0.1) is 7.11 Å². The number of amides is 1. The zero-order chi connectivity index (χ0) is 20.6. The van der Waals surface area contributed by atoms with E-state index in [1.54, 1.807) is 19.2 Å². The SMILES string of the molecule is CCN(C[C@@H]1CCCN(CCc2cccc(F)c2)C1)C(=O)c1ccc(OC)cc1. The van der Waals surface area contributed by atoms with Crippen molar-refractivity contribution in [2.45, 2.75) is 26.2 Å². The predicted molar refractivity (Wildman–Crippen MR) is 114 cm³/mol. The van der Waals surface area contributed by atoms with Crippen molar-refractivity contribution in [2.75, 3.05) is 39.8 Å². The van der Waals surface area contributed by atoms with E-state index in [1.807, 2.05) is 42.2 Å². The minimum absolute atomic E-state index is 0.0760. The Morgan fingerprint density at radius 1 is 1.24 bits per heavy atom. The average Bonchev–Trinajstić information content (AvgIpc) is 2.76. The van der Waals surface area contributed by atoms with E-state index in [2.05, 4.69) is 4.90 Å². The van der Waals surface area contributed by atoms with E-state index in [0.717, 1.165) is 56.8 Å². The third-order valence-electron chi connectivity index (χ3n) is 5.69. The van der Waals surface area contributed by atoms with E-state index >= 15 is 0 Å². The highest BCUT2D eigenvalue weighted by atomic mass is 19.1. The van der Waals surface area contributed by atoms with Crippen molar-refractivity contribution in [1.29, 1.82) is 0 Å². The van der Waals surface area contributed by atoms with Crippen LogP contribution in [0.1, 0.15) is 35.7 Å². The molecule has 1 aliphatic heterocycles. The Labute approximate surface area is 173 Å². The molecule has 1 amide bonds. The molecule has 4 nitrogen and oxygen atoms in total. The van der Waals surface area contributed by atoms with E-state index in [-0.39, 0.29) is 11.7 Å². The number of benzene rings is 2. The van der Waals surface area contributed by atoms with Gasteiger partial charge in [-0.2, -0.15) is 0 Å². The Bertz CT molecular complexity index is 794. The molecule has 0 saturated carbocycles. The van der Waals surface area contributed by atoms with Crippen LogP contribution in [0.25, 0.3) is 0 Å². The molecule has 2 aromatic carbocycles. The quantitative estimate of drug-likeness (QED) is 0.666. The van der Waals surface area contributed by atoms with Crippen molar-refractivity contribution in [1.82, 2.24) is 9.80 Å². The van der Waals surface area contributed by atoms with Gasteiger partial charge >= 0.3 is 0 Å². The number of nitrogens with zero attached hydrogens (tertiary/aromatic N) is 2. The molecule has 1 heterocycles. The summed E-state index contributed by atoms with van der Waals surface area (Å²) in [6.45, 7) is 6.50. The summed E-state index contributed by atoms with van der Waals surface area (Å²) in [5.74, 6) is 1.13. The lowest BCUT2D eigenvalue weighted by molar-refractivity contribution is 0.0690. The summed E-state index contributed by atoms with van der Waals surface area (Å²) in [5, 5.41) is 0. The molecule has 0 unspecified atom stereocenters. The summed E-state index contributed by atoms with van der Waals surface area (Å²) in [6.07, 6.45) is 3.14. The molecule has 1 saturated heterocycles. The molecule has 29 heavy (non-hydrogen) atoms. The number of halogens is 1. The predicted octanol–water partition coefficient (Wildman–Crippen LogP) is 4.25. The van der Waals surface area contributed by atoms with Crippen LogP contribution in [-0.4, -0.2) is 55.5 Å². The van der Waals surface area contributed by atoms with Crippen molar-refractivity contribution in [3.8, 4) is 5.75 Å². The topological polar surface area (TPSA) is 32.8 Å². The Balaban J connectivity index is 1.54. The standard InChI is InChI=1S/C24H31FN2O2/c1-3-27(24(28)21-9-11-23(29-2)12-10-21)18-20-7-5-14-26(17-20)15-13-19-6-4-8-22(25)16-19/h4,6,8-12,16,20H,3,5,7,13-15,17-18H2,1-2H3/t20-/m1/s1. The number of carbonyl (C=O) groups excluding carboxylic acids is 1. The van der Waals surface area contributed by atoms with Crippen LogP contribution < -0.4 is 4.74 Å². The first-order chi connectivity index (χ1) is 14.1. The zero-order valence-corrected chi connectivity index (χ0v) is 17.4. The number of hydrogen-bond donors (Lipinski definition) is 0. The monoisotopic (exact) mass is 398 g/mol. The van der Waals surface area contributed by atoms with Gasteiger partial charge in [0.15, 0.2) is 0 Å². The van der Waals surface area contributed by atoms with Crippen LogP contribution in [-0.2, 0) is 6.42 Å². The van der Waals surface area contributed by atoms with Gasteiger partial charge in [-0.05, 0) is 80.6 Å². The molecule has 5 heteroatoms. The van der Waals surface area contributed by atoms with Crippen molar-refractivity contribution in [2.24, 2.45) is 5.92 Å². The number of hydrogen-bond acceptors (Lipinski definition) is 3. The first-order valence-electron chi connectivity index (χ1n) is 10.5. The number of methoxy groups -OCH3 is 1. The summed E-state index contributed by atoms with van der Waals surface area (Å²) in [4.78, 5) is 17.3. The summed E-state index contributed by atoms with van der Waals surface area (Å²) in [6, 6.07) is 14.2. The molecule has 0 aromatic heterocycles. The van der Waals surface area contributed by atoms with Crippen LogP contribution in [0.3, 0.4) is 0 Å². The number of rotatable bonds is 8. The van der Waals surface area contributed by atoms with E-state index in [1.165, 1.54) is 6.07 Å². The lowest BCUT2D eigenvalue weighted by atomic mass is 9.96. The molecule has 156 valence electrons. The Morgan fingerprint density at radius 2 is 2.03 bits per heavy atom. The Kier molecular flexibility index (Phi) is 7.64. The van der Waals surface area contributed by atoms with E-state index in [0.29, 0.717) is 18.0 Å². The minimum atomic E-state index is -0.172. The fourth-order valence-electron chi connectivity index (χ4n) is 4.07. The van der Waals surface area contributed by atoms with Crippen LogP contribution in [0, 0.1) is 11.7 Å². The van der Waals surface area contributed by atoms with Gasteiger partial charge in [-0.3, -0.25) is 4.79 Å². The molecule has 0 bridgehead atoms. The van der Waals surface area contributed by atoms with Crippen molar-refractivity contribution >= 4 is 5.91 Å². The summed E-state index contributed by atoms with van der Waals surface area (Å²) in [7, 11) is 1.62. The molecule has 1 aliphatic rings. The summed E-state index contributed by atoms with van der Waals surface area (Å²) >= 11 is 0. The number of piperidine rings is 1. The van der Waals surface area contributed by atoms with Crippen LogP contribution in [0.4, 0.5) is 4.39 Å². The van der Waals surface area contributed by atoms with Crippen LogP contribution in [0.5, 0.6) is 5.75 Å². The second-order valence-electron chi connectivity index (χ2n) is 7.76.